The molecule has 2 saturated heterocycles. The van der Waals surface area contributed by atoms with Crippen LogP contribution in [0.2, 0.25) is 0 Å². The second kappa shape index (κ2) is 3.03. The average Bonchev–Trinajstić information content (AvgIpc) is 2.04. The molecule has 2 bridgehead atoms. The van der Waals surface area contributed by atoms with Crippen LogP contribution in [0, 0.1) is 11.8 Å². The van der Waals surface area contributed by atoms with E-state index in [9.17, 15) is 4.79 Å². The van der Waals surface area contributed by atoms with Crippen LogP contribution in [0.25, 0.3) is 0 Å². The number of fused-ring (bicyclic) bond motifs is 2. The van der Waals surface area contributed by atoms with E-state index < -0.39 is 12.1 Å². The molecule has 2 heterocycles. The summed E-state index contributed by atoms with van der Waals surface area (Å²) >= 11 is 0. The maximum absolute atomic E-state index is 10.7. The van der Waals surface area contributed by atoms with Crippen molar-refractivity contribution in [2.24, 2.45) is 5.92 Å². The summed E-state index contributed by atoms with van der Waals surface area (Å²) in [7, 11) is 0. The standard InChI is InChI=1S/C8H12NO3/c10-8(11)7-6-1-5(4-12-7)2-9-3-6/h5,7,9H,1-4H2,(H,10,11). The molecule has 2 N–H and O–H groups in total. The Morgan fingerprint density at radius 3 is 3.25 bits per heavy atom. The van der Waals surface area contributed by atoms with Gasteiger partial charge in [0.15, 0.2) is 6.10 Å². The van der Waals surface area contributed by atoms with E-state index in [4.69, 9.17) is 9.84 Å². The van der Waals surface area contributed by atoms with Gasteiger partial charge in [-0.05, 0) is 12.3 Å². The highest BCUT2D eigenvalue weighted by atomic mass is 16.5. The van der Waals surface area contributed by atoms with Gasteiger partial charge in [-0.2, -0.15) is 0 Å². The third kappa shape index (κ3) is 1.32. The first-order valence-corrected chi connectivity index (χ1v) is 4.17. The molecule has 0 aliphatic carbocycles. The molecule has 0 aromatic heterocycles. The summed E-state index contributed by atoms with van der Waals surface area (Å²) in [6.07, 6.45) is 0.262. The van der Waals surface area contributed by atoms with Crippen molar-refractivity contribution in [1.29, 1.82) is 0 Å². The number of carboxylic acids is 1. The van der Waals surface area contributed by atoms with Crippen LogP contribution >= 0.6 is 0 Å². The molecular weight excluding hydrogens is 158 g/mol. The van der Waals surface area contributed by atoms with Gasteiger partial charge in [-0.1, -0.05) is 0 Å². The Kier molecular flexibility index (Phi) is 2.02. The fourth-order valence-electron chi connectivity index (χ4n) is 1.87. The van der Waals surface area contributed by atoms with Gasteiger partial charge in [0.1, 0.15) is 0 Å². The van der Waals surface area contributed by atoms with Gasteiger partial charge >= 0.3 is 5.97 Å². The fourth-order valence-corrected chi connectivity index (χ4v) is 1.87. The van der Waals surface area contributed by atoms with E-state index in [1.54, 1.807) is 0 Å². The van der Waals surface area contributed by atoms with E-state index in [1.807, 2.05) is 0 Å². The first-order valence-electron chi connectivity index (χ1n) is 4.17. The number of ether oxygens (including phenoxy) is 1. The van der Waals surface area contributed by atoms with Crippen molar-refractivity contribution in [1.82, 2.24) is 5.32 Å². The lowest BCUT2D eigenvalue weighted by molar-refractivity contribution is -0.153. The number of hydrogen-bond acceptors (Lipinski definition) is 3. The van der Waals surface area contributed by atoms with E-state index in [-0.39, 0.29) is 0 Å². The van der Waals surface area contributed by atoms with Crippen LogP contribution in [-0.2, 0) is 9.53 Å². The molecule has 0 spiro atoms. The number of hydrogen-bond donors (Lipinski definition) is 2. The highest BCUT2D eigenvalue weighted by molar-refractivity contribution is 5.75. The lowest BCUT2D eigenvalue weighted by atomic mass is 9.84. The first-order chi connectivity index (χ1) is 5.77. The number of nitrogens with one attached hydrogen (secondary N) is 1. The van der Waals surface area contributed by atoms with Gasteiger partial charge in [0, 0.05) is 19.0 Å². The van der Waals surface area contributed by atoms with Gasteiger partial charge < -0.3 is 15.2 Å². The van der Waals surface area contributed by atoms with E-state index >= 15 is 0 Å². The van der Waals surface area contributed by atoms with Gasteiger partial charge in [-0.3, -0.25) is 0 Å². The lowest BCUT2D eigenvalue weighted by Gasteiger charge is -2.38. The van der Waals surface area contributed by atoms with Gasteiger partial charge in [0.05, 0.1) is 6.61 Å². The minimum atomic E-state index is -0.854. The quantitative estimate of drug-likeness (QED) is 0.565. The first kappa shape index (κ1) is 8.01. The zero-order valence-corrected chi connectivity index (χ0v) is 6.75. The van der Waals surface area contributed by atoms with E-state index in [0.29, 0.717) is 19.1 Å². The molecule has 67 valence electrons. The van der Waals surface area contributed by atoms with Crippen molar-refractivity contribution in [3.05, 3.63) is 5.92 Å². The number of carboxylic acid groups (broad SMARTS) is 1. The van der Waals surface area contributed by atoms with Crippen LogP contribution in [0.1, 0.15) is 6.42 Å². The molecule has 2 atom stereocenters. The van der Waals surface area contributed by atoms with Crippen LogP contribution in [0.4, 0.5) is 0 Å². The van der Waals surface area contributed by atoms with Gasteiger partial charge in [0.2, 0.25) is 0 Å². The second-order valence-electron chi connectivity index (χ2n) is 3.41. The Labute approximate surface area is 70.9 Å². The Morgan fingerprint density at radius 1 is 1.67 bits per heavy atom. The Morgan fingerprint density at radius 2 is 2.50 bits per heavy atom. The monoisotopic (exact) mass is 170 g/mol. The average molecular weight is 170 g/mol. The predicted octanol–water partition coefficient (Wildman–Crippen LogP) is -0.346. The highest BCUT2D eigenvalue weighted by Gasteiger charge is 2.38. The summed E-state index contributed by atoms with van der Waals surface area (Å²) in [6, 6.07) is 0. The van der Waals surface area contributed by atoms with Crippen molar-refractivity contribution in [3.63, 3.8) is 0 Å². The van der Waals surface area contributed by atoms with E-state index in [1.165, 1.54) is 0 Å². The minimum absolute atomic E-state index is 0.490. The third-order valence-electron chi connectivity index (χ3n) is 2.43. The molecule has 1 radical (unpaired) electrons. The largest absolute Gasteiger partial charge is 0.479 e. The van der Waals surface area contributed by atoms with Gasteiger partial charge in [-0.25, -0.2) is 4.79 Å². The molecule has 12 heavy (non-hydrogen) atoms. The molecule has 0 amide bonds. The van der Waals surface area contributed by atoms with Gasteiger partial charge in [0.25, 0.3) is 0 Å². The fraction of sp³-hybridized carbons (Fsp3) is 0.750. The molecule has 2 rings (SSSR count). The Balaban J connectivity index is 2.04. The molecule has 0 saturated carbocycles. The summed E-state index contributed by atoms with van der Waals surface area (Å²) in [6.45, 7) is 2.23. The van der Waals surface area contributed by atoms with Crippen LogP contribution in [-0.4, -0.2) is 36.9 Å². The summed E-state index contributed by atoms with van der Waals surface area (Å²) in [5.41, 5.74) is 0. The third-order valence-corrected chi connectivity index (χ3v) is 2.43. The van der Waals surface area contributed by atoms with Crippen molar-refractivity contribution in [2.75, 3.05) is 19.7 Å². The zero-order valence-electron chi connectivity index (χ0n) is 6.75. The van der Waals surface area contributed by atoms with Crippen molar-refractivity contribution < 1.29 is 14.6 Å². The number of piperidine rings is 1. The highest BCUT2D eigenvalue weighted by Crippen LogP contribution is 2.29. The molecule has 4 heteroatoms. The van der Waals surface area contributed by atoms with Crippen LogP contribution in [0.3, 0.4) is 0 Å². The lowest BCUT2D eigenvalue weighted by Crippen LogP contribution is -2.49. The normalized spacial score (nSPS) is 36.3. The molecule has 2 fully saturated rings. The summed E-state index contributed by atoms with van der Waals surface area (Å²) in [5, 5.41) is 12.0. The van der Waals surface area contributed by atoms with Crippen LogP contribution in [0.15, 0.2) is 0 Å². The number of carbonyl (C=O) groups is 1. The van der Waals surface area contributed by atoms with Crippen molar-refractivity contribution >= 4 is 5.97 Å². The zero-order chi connectivity index (χ0) is 8.55. The number of rotatable bonds is 1. The summed E-state index contributed by atoms with van der Waals surface area (Å²) in [5.74, 6) is 0.626. The predicted molar refractivity (Wildman–Crippen MR) is 41.6 cm³/mol. The van der Waals surface area contributed by atoms with Crippen molar-refractivity contribution in [3.8, 4) is 0 Å². The molecule has 2 aliphatic heterocycles. The molecule has 2 unspecified atom stereocenters. The maximum atomic E-state index is 10.7. The molecule has 4 nitrogen and oxygen atoms in total. The van der Waals surface area contributed by atoms with E-state index in [2.05, 4.69) is 5.32 Å². The van der Waals surface area contributed by atoms with Gasteiger partial charge in [-0.15, -0.1) is 0 Å². The smallest absolute Gasteiger partial charge is 0.333 e. The summed E-state index contributed by atoms with van der Waals surface area (Å²) < 4.78 is 5.23. The molecule has 0 aromatic carbocycles. The van der Waals surface area contributed by atoms with Crippen LogP contribution < -0.4 is 5.32 Å². The molecule has 0 aromatic rings. The van der Waals surface area contributed by atoms with Crippen LogP contribution in [0.5, 0.6) is 0 Å². The second-order valence-corrected chi connectivity index (χ2v) is 3.41. The maximum Gasteiger partial charge on any atom is 0.333 e. The Bertz CT molecular complexity index is 195. The molecular formula is C8H12NO3. The topological polar surface area (TPSA) is 58.6 Å². The van der Waals surface area contributed by atoms with E-state index in [0.717, 1.165) is 18.9 Å². The van der Waals surface area contributed by atoms with Crippen molar-refractivity contribution in [2.45, 2.75) is 12.5 Å². The summed E-state index contributed by atoms with van der Waals surface area (Å²) in [4.78, 5) is 10.7. The number of aliphatic carboxylic acids is 1. The minimum Gasteiger partial charge on any atom is -0.479 e. The Hall–Kier alpha value is -0.610. The molecule has 2 aliphatic rings. The SMILES string of the molecule is O=C(O)C1OCC2CNC[C]1C2.